The van der Waals surface area contributed by atoms with E-state index in [1.165, 1.54) is 51.5 Å². The van der Waals surface area contributed by atoms with Crippen molar-refractivity contribution in [2.75, 3.05) is 24.5 Å². The quantitative estimate of drug-likeness (QED) is 0.719. The number of amides is 1. The summed E-state index contributed by atoms with van der Waals surface area (Å²) in [7, 11) is 0. The Morgan fingerprint density at radius 1 is 0.962 bits per heavy atom. The van der Waals surface area contributed by atoms with Gasteiger partial charge in [0.25, 0.3) is 0 Å². The van der Waals surface area contributed by atoms with Crippen LogP contribution >= 0.6 is 0 Å². The molecule has 0 N–H and O–H groups in total. The van der Waals surface area contributed by atoms with Gasteiger partial charge in [-0.15, -0.1) is 0 Å². The normalized spacial score (nSPS) is 21.1. The van der Waals surface area contributed by atoms with Gasteiger partial charge in [-0.25, -0.2) is 0 Å². The molecule has 1 aliphatic heterocycles. The number of hydrogen-bond acceptors (Lipinski definition) is 2. The van der Waals surface area contributed by atoms with Crippen molar-refractivity contribution in [3.63, 3.8) is 0 Å². The average molecular weight is 357 g/mol. The van der Waals surface area contributed by atoms with Crippen molar-refractivity contribution in [2.45, 2.75) is 77.2 Å². The highest BCUT2D eigenvalue weighted by atomic mass is 16.2. The first kappa shape index (κ1) is 19.4. The maximum Gasteiger partial charge on any atom is 0.226 e. The Labute approximate surface area is 159 Å². The molecule has 1 amide bonds. The van der Waals surface area contributed by atoms with Gasteiger partial charge in [-0.1, -0.05) is 57.2 Å². The Hall–Kier alpha value is -1.35. The first-order valence-corrected chi connectivity index (χ1v) is 10.9. The van der Waals surface area contributed by atoms with Gasteiger partial charge in [-0.05, 0) is 43.7 Å². The van der Waals surface area contributed by atoms with Crippen molar-refractivity contribution in [3.05, 3.63) is 30.3 Å². The Bertz CT molecular complexity index is 528. The maximum atomic E-state index is 12.6. The second-order valence-corrected chi connectivity index (χ2v) is 8.20. The third kappa shape index (κ3) is 5.33. The molecule has 1 heterocycles. The lowest BCUT2D eigenvalue weighted by Crippen LogP contribution is -2.48. The van der Waals surface area contributed by atoms with Crippen LogP contribution in [0.1, 0.15) is 71.1 Å². The summed E-state index contributed by atoms with van der Waals surface area (Å²) in [5.41, 5.74) is 1.07. The molecule has 0 spiro atoms. The number of rotatable bonds is 5. The summed E-state index contributed by atoms with van der Waals surface area (Å²) >= 11 is 0. The first-order chi connectivity index (χ1) is 12.8. The van der Waals surface area contributed by atoms with Crippen molar-refractivity contribution < 1.29 is 4.79 Å². The van der Waals surface area contributed by atoms with Crippen LogP contribution in [0.3, 0.4) is 0 Å². The number of para-hydroxylation sites is 1. The molecule has 0 aromatic heterocycles. The van der Waals surface area contributed by atoms with E-state index >= 15 is 0 Å². The Balaban J connectivity index is 1.55. The topological polar surface area (TPSA) is 23.6 Å². The van der Waals surface area contributed by atoms with E-state index in [-0.39, 0.29) is 5.91 Å². The van der Waals surface area contributed by atoms with E-state index in [2.05, 4.69) is 21.9 Å². The number of carbonyl (C=O) groups is 1. The molecule has 3 nitrogen and oxygen atoms in total. The van der Waals surface area contributed by atoms with Crippen molar-refractivity contribution in [2.24, 2.45) is 5.92 Å². The van der Waals surface area contributed by atoms with E-state index < -0.39 is 0 Å². The van der Waals surface area contributed by atoms with Gasteiger partial charge in [0.05, 0.1) is 0 Å². The van der Waals surface area contributed by atoms with E-state index in [4.69, 9.17) is 0 Å². The molecular weight excluding hydrogens is 320 g/mol. The summed E-state index contributed by atoms with van der Waals surface area (Å²) in [6, 6.07) is 10.6. The lowest BCUT2D eigenvalue weighted by atomic mass is 9.90. The minimum Gasteiger partial charge on any atom is -0.309 e. The monoisotopic (exact) mass is 356 g/mol. The van der Waals surface area contributed by atoms with Crippen LogP contribution in [-0.2, 0) is 4.79 Å². The molecular formula is C23H36N2O. The highest BCUT2D eigenvalue weighted by Crippen LogP contribution is 2.27. The molecule has 0 bridgehead atoms. The second kappa shape index (κ2) is 10.1. The molecule has 3 rings (SSSR count). The molecule has 1 aliphatic carbocycles. The fraction of sp³-hybridized carbons (Fsp3) is 0.696. The van der Waals surface area contributed by atoms with Gasteiger partial charge in [-0.2, -0.15) is 0 Å². The number of likely N-dealkylation sites (tertiary alicyclic amines) is 1. The van der Waals surface area contributed by atoms with E-state index in [0.29, 0.717) is 12.5 Å². The van der Waals surface area contributed by atoms with Crippen LogP contribution in [0.25, 0.3) is 0 Å². The van der Waals surface area contributed by atoms with Gasteiger partial charge in [0.1, 0.15) is 0 Å². The van der Waals surface area contributed by atoms with E-state index in [1.807, 2.05) is 25.1 Å². The molecule has 2 fully saturated rings. The lowest BCUT2D eigenvalue weighted by Gasteiger charge is -2.39. The van der Waals surface area contributed by atoms with Crippen molar-refractivity contribution >= 4 is 11.6 Å². The largest absolute Gasteiger partial charge is 0.309 e. The van der Waals surface area contributed by atoms with Crippen LogP contribution in [0, 0.1) is 5.92 Å². The third-order valence-corrected chi connectivity index (χ3v) is 6.27. The first-order valence-electron chi connectivity index (χ1n) is 10.9. The second-order valence-electron chi connectivity index (χ2n) is 8.20. The van der Waals surface area contributed by atoms with Crippen LogP contribution in [0.15, 0.2) is 30.3 Å². The number of benzene rings is 1. The highest BCUT2D eigenvalue weighted by Gasteiger charge is 2.29. The Kier molecular flexibility index (Phi) is 7.55. The average Bonchev–Trinajstić information content (AvgIpc) is 2.66. The summed E-state index contributed by atoms with van der Waals surface area (Å²) in [6.07, 6.45) is 12.8. The summed E-state index contributed by atoms with van der Waals surface area (Å²) in [5.74, 6) is 1.16. The van der Waals surface area contributed by atoms with Gasteiger partial charge in [0.2, 0.25) is 5.91 Å². The highest BCUT2D eigenvalue weighted by molar-refractivity contribution is 5.93. The van der Waals surface area contributed by atoms with Crippen LogP contribution in [0.5, 0.6) is 0 Å². The van der Waals surface area contributed by atoms with Crippen LogP contribution in [0.4, 0.5) is 5.69 Å². The zero-order valence-electron chi connectivity index (χ0n) is 16.5. The van der Waals surface area contributed by atoms with Gasteiger partial charge in [-0.3, -0.25) is 4.79 Å². The number of piperidine rings is 1. The zero-order valence-corrected chi connectivity index (χ0v) is 16.5. The van der Waals surface area contributed by atoms with Gasteiger partial charge in [0.15, 0.2) is 0 Å². The SMILES string of the molecule is CCC(=O)N(c1ccccc1)C1CCN(CC2CCCCCCC2)CC1. The van der Waals surface area contributed by atoms with Crippen molar-refractivity contribution in [3.8, 4) is 0 Å². The molecule has 2 aliphatic rings. The van der Waals surface area contributed by atoms with Crippen LogP contribution in [-0.4, -0.2) is 36.5 Å². The van der Waals surface area contributed by atoms with Gasteiger partial charge >= 0.3 is 0 Å². The third-order valence-electron chi connectivity index (χ3n) is 6.27. The number of carbonyl (C=O) groups excluding carboxylic acids is 1. The maximum absolute atomic E-state index is 12.6. The minimum atomic E-state index is 0.259. The van der Waals surface area contributed by atoms with E-state index in [0.717, 1.165) is 37.5 Å². The predicted molar refractivity (Wildman–Crippen MR) is 109 cm³/mol. The summed E-state index contributed by atoms with van der Waals surface area (Å²) in [4.78, 5) is 17.3. The molecule has 1 aromatic carbocycles. The van der Waals surface area contributed by atoms with Crippen molar-refractivity contribution in [1.29, 1.82) is 0 Å². The molecule has 144 valence electrons. The molecule has 26 heavy (non-hydrogen) atoms. The fourth-order valence-corrected chi connectivity index (χ4v) is 4.77. The summed E-state index contributed by atoms with van der Waals surface area (Å²) in [6.45, 7) is 5.53. The minimum absolute atomic E-state index is 0.259. The van der Waals surface area contributed by atoms with Crippen molar-refractivity contribution in [1.82, 2.24) is 4.90 Å². The molecule has 3 heteroatoms. The van der Waals surface area contributed by atoms with E-state index in [1.54, 1.807) is 0 Å². The number of hydrogen-bond donors (Lipinski definition) is 0. The zero-order chi connectivity index (χ0) is 18.2. The number of anilines is 1. The van der Waals surface area contributed by atoms with Crippen LogP contribution in [0.2, 0.25) is 0 Å². The van der Waals surface area contributed by atoms with Gasteiger partial charge < -0.3 is 9.80 Å². The lowest BCUT2D eigenvalue weighted by molar-refractivity contribution is -0.119. The Morgan fingerprint density at radius 2 is 1.58 bits per heavy atom. The predicted octanol–water partition coefficient (Wildman–Crippen LogP) is 5.25. The smallest absolute Gasteiger partial charge is 0.226 e. The molecule has 1 saturated heterocycles. The van der Waals surface area contributed by atoms with Crippen LogP contribution < -0.4 is 4.90 Å². The Morgan fingerprint density at radius 3 is 2.19 bits per heavy atom. The molecule has 1 aromatic rings. The molecule has 1 saturated carbocycles. The summed E-state index contributed by atoms with van der Waals surface area (Å²) < 4.78 is 0. The fourth-order valence-electron chi connectivity index (χ4n) is 4.77. The molecule has 0 unspecified atom stereocenters. The molecule has 0 radical (unpaired) electrons. The molecule has 0 atom stereocenters. The van der Waals surface area contributed by atoms with E-state index in [9.17, 15) is 4.79 Å². The number of nitrogens with zero attached hydrogens (tertiary/aromatic N) is 2. The standard InChI is InChI=1S/C23H36N2O/c1-2-23(26)25(21-13-9-6-10-14-21)22-15-17-24(18-16-22)19-20-11-7-4-3-5-8-12-20/h6,9-10,13-14,20,22H,2-5,7-8,11-12,15-19H2,1H3. The van der Waals surface area contributed by atoms with Gasteiger partial charge in [0, 0.05) is 37.8 Å². The summed E-state index contributed by atoms with van der Waals surface area (Å²) in [5, 5.41) is 0.